The fourth-order valence-electron chi connectivity index (χ4n) is 2.32. The van der Waals surface area contributed by atoms with Gasteiger partial charge in [0, 0.05) is 18.4 Å². The number of nitrogens with zero attached hydrogens (tertiary/aromatic N) is 2. The summed E-state index contributed by atoms with van der Waals surface area (Å²) < 4.78 is 1.88. The van der Waals surface area contributed by atoms with Crippen molar-refractivity contribution < 1.29 is 4.79 Å². The van der Waals surface area contributed by atoms with Gasteiger partial charge in [0.1, 0.15) is 11.3 Å². The van der Waals surface area contributed by atoms with Crippen LogP contribution < -0.4 is 5.32 Å². The van der Waals surface area contributed by atoms with E-state index in [9.17, 15) is 4.79 Å². The zero-order valence-corrected chi connectivity index (χ0v) is 12.9. The third-order valence-electron chi connectivity index (χ3n) is 3.33. The highest BCUT2D eigenvalue weighted by Crippen LogP contribution is 2.10. The molecule has 0 aliphatic heterocycles. The van der Waals surface area contributed by atoms with Gasteiger partial charge in [0.2, 0.25) is 0 Å². The molecular weight excluding hydrogens is 282 g/mol. The van der Waals surface area contributed by atoms with Crippen LogP contribution in [0.1, 0.15) is 28.5 Å². The van der Waals surface area contributed by atoms with Crippen molar-refractivity contribution >= 4 is 22.9 Å². The number of rotatable bonds is 4. The van der Waals surface area contributed by atoms with E-state index in [-0.39, 0.29) is 11.9 Å². The number of hydrogen-bond donors (Lipinski definition) is 1. The first-order valence-corrected chi connectivity index (χ1v) is 7.83. The average molecular weight is 299 g/mol. The summed E-state index contributed by atoms with van der Waals surface area (Å²) in [5, 5.41) is 7.16. The first-order valence-electron chi connectivity index (χ1n) is 6.89. The number of nitrogens with one attached hydrogen (secondary N) is 1. The average Bonchev–Trinajstić information content (AvgIpc) is 3.06. The van der Waals surface area contributed by atoms with Gasteiger partial charge in [0.05, 0.1) is 0 Å². The van der Waals surface area contributed by atoms with Crippen LogP contribution in [-0.2, 0) is 6.42 Å². The summed E-state index contributed by atoms with van der Waals surface area (Å²) in [5.74, 6) is -0.126. The molecule has 0 saturated carbocycles. The Morgan fingerprint density at radius 2 is 2.24 bits per heavy atom. The Morgan fingerprint density at radius 3 is 3.00 bits per heavy atom. The molecule has 0 aromatic carbocycles. The molecule has 4 nitrogen and oxygen atoms in total. The van der Waals surface area contributed by atoms with Crippen LogP contribution in [0.15, 0.2) is 41.4 Å². The SMILES string of the molecule is Cc1ccc2nc(C(=O)NC(C)Cc3ccsc3)cn2c1. The molecule has 108 valence electrons. The number of carbonyl (C=O) groups is 1. The summed E-state index contributed by atoms with van der Waals surface area (Å²) in [5.41, 5.74) is 3.63. The number of fused-ring (bicyclic) bond motifs is 1. The highest BCUT2D eigenvalue weighted by molar-refractivity contribution is 7.07. The zero-order valence-electron chi connectivity index (χ0n) is 12.0. The molecule has 3 aromatic heterocycles. The summed E-state index contributed by atoms with van der Waals surface area (Å²) in [7, 11) is 0. The number of pyridine rings is 1. The van der Waals surface area contributed by atoms with Crippen LogP contribution >= 0.6 is 11.3 Å². The predicted molar refractivity (Wildman–Crippen MR) is 84.9 cm³/mol. The molecule has 3 aromatic rings. The maximum atomic E-state index is 12.3. The maximum Gasteiger partial charge on any atom is 0.271 e. The first kappa shape index (κ1) is 13.8. The first-order chi connectivity index (χ1) is 10.1. The summed E-state index contributed by atoms with van der Waals surface area (Å²) in [6.45, 7) is 4.03. The molecule has 0 fully saturated rings. The second kappa shape index (κ2) is 5.69. The molecule has 21 heavy (non-hydrogen) atoms. The van der Waals surface area contributed by atoms with E-state index in [0.717, 1.165) is 17.6 Å². The molecular formula is C16H17N3OS. The number of amides is 1. The van der Waals surface area contributed by atoms with Crippen molar-refractivity contribution in [1.82, 2.24) is 14.7 Å². The second-order valence-corrected chi connectivity index (χ2v) is 6.09. The van der Waals surface area contributed by atoms with E-state index >= 15 is 0 Å². The van der Waals surface area contributed by atoms with E-state index < -0.39 is 0 Å². The standard InChI is InChI=1S/C16H17N3OS/c1-11-3-4-15-18-14(9-19(15)8-11)16(20)17-12(2)7-13-5-6-21-10-13/h3-6,8-10,12H,7H2,1-2H3,(H,17,20). The van der Waals surface area contributed by atoms with Crippen LogP contribution in [0.3, 0.4) is 0 Å². The van der Waals surface area contributed by atoms with E-state index in [0.29, 0.717) is 5.69 Å². The van der Waals surface area contributed by atoms with Gasteiger partial charge < -0.3 is 9.72 Å². The molecule has 1 unspecified atom stereocenters. The van der Waals surface area contributed by atoms with E-state index in [1.54, 1.807) is 17.5 Å². The Bertz CT molecular complexity index is 761. The maximum absolute atomic E-state index is 12.3. The van der Waals surface area contributed by atoms with Gasteiger partial charge in [0.25, 0.3) is 5.91 Å². The molecule has 1 amide bonds. The number of hydrogen-bond acceptors (Lipinski definition) is 3. The topological polar surface area (TPSA) is 46.4 Å². The van der Waals surface area contributed by atoms with Gasteiger partial charge in [0.15, 0.2) is 0 Å². The van der Waals surface area contributed by atoms with Gasteiger partial charge in [-0.1, -0.05) is 6.07 Å². The highest BCUT2D eigenvalue weighted by atomic mass is 32.1. The third kappa shape index (κ3) is 3.13. The smallest absolute Gasteiger partial charge is 0.271 e. The Labute approximate surface area is 127 Å². The minimum atomic E-state index is -0.126. The summed E-state index contributed by atoms with van der Waals surface area (Å²) in [4.78, 5) is 16.6. The van der Waals surface area contributed by atoms with E-state index in [1.807, 2.05) is 42.0 Å². The van der Waals surface area contributed by atoms with E-state index in [1.165, 1.54) is 5.56 Å². The molecule has 3 heterocycles. The van der Waals surface area contributed by atoms with Crippen LogP contribution in [0.5, 0.6) is 0 Å². The molecule has 0 bridgehead atoms. The Hall–Kier alpha value is -2.14. The predicted octanol–water partition coefficient (Wildman–Crippen LogP) is 3.07. The van der Waals surface area contributed by atoms with Crippen molar-refractivity contribution in [3.8, 4) is 0 Å². The van der Waals surface area contributed by atoms with Gasteiger partial charge in [-0.05, 0) is 54.3 Å². The number of imidazole rings is 1. The summed E-state index contributed by atoms with van der Waals surface area (Å²) in [6, 6.07) is 6.07. The number of aryl methyl sites for hydroxylation is 1. The van der Waals surface area contributed by atoms with Crippen molar-refractivity contribution in [3.05, 3.63) is 58.2 Å². The van der Waals surface area contributed by atoms with Crippen molar-refractivity contribution in [2.75, 3.05) is 0 Å². The normalized spacial score (nSPS) is 12.5. The van der Waals surface area contributed by atoms with Crippen LogP contribution in [0, 0.1) is 6.92 Å². The molecule has 0 saturated heterocycles. The number of carbonyl (C=O) groups excluding carboxylic acids is 1. The Kier molecular flexibility index (Phi) is 3.75. The van der Waals surface area contributed by atoms with Gasteiger partial charge >= 0.3 is 0 Å². The van der Waals surface area contributed by atoms with Crippen LogP contribution in [0.25, 0.3) is 5.65 Å². The summed E-state index contributed by atoms with van der Waals surface area (Å²) in [6.07, 6.45) is 4.57. The molecule has 0 radical (unpaired) electrons. The quantitative estimate of drug-likeness (QED) is 0.805. The van der Waals surface area contributed by atoms with Gasteiger partial charge in [-0.3, -0.25) is 4.79 Å². The van der Waals surface area contributed by atoms with Crippen molar-refractivity contribution in [1.29, 1.82) is 0 Å². The zero-order chi connectivity index (χ0) is 14.8. The minimum Gasteiger partial charge on any atom is -0.348 e. The number of aromatic nitrogens is 2. The largest absolute Gasteiger partial charge is 0.348 e. The lowest BCUT2D eigenvalue weighted by Gasteiger charge is -2.11. The molecule has 0 spiro atoms. The van der Waals surface area contributed by atoms with Gasteiger partial charge in [-0.25, -0.2) is 4.98 Å². The monoisotopic (exact) mass is 299 g/mol. The third-order valence-corrected chi connectivity index (χ3v) is 4.06. The highest BCUT2D eigenvalue weighted by Gasteiger charge is 2.14. The fraction of sp³-hybridized carbons (Fsp3) is 0.250. The molecule has 3 rings (SSSR count). The van der Waals surface area contributed by atoms with Crippen LogP contribution in [0.4, 0.5) is 0 Å². The van der Waals surface area contributed by atoms with Crippen molar-refractivity contribution in [2.45, 2.75) is 26.3 Å². The lowest BCUT2D eigenvalue weighted by Crippen LogP contribution is -2.34. The van der Waals surface area contributed by atoms with E-state index in [4.69, 9.17) is 0 Å². The van der Waals surface area contributed by atoms with Gasteiger partial charge in [-0.15, -0.1) is 0 Å². The molecule has 1 atom stereocenters. The van der Waals surface area contributed by atoms with Crippen LogP contribution in [-0.4, -0.2) is 21.3 Å². The summed E-state index contributed by atoms with van der Waals surface area (Å²) >= 11 is 1.67. The number of thiophene rings is 1. The molecule has 0 aliphatic carbocycles. The van der Waals surface area contributed by atoms with Crippen molar-refractivity contribution in [3.63, 3.8) is 0 Å². The van der Waals surface area contributed by atoms with Crippen molar-refractivity contribution in [2.24, 2.45) is 0 Å². The molecule has 1 N–H and O–H groups in total. The molecule has 0 aliphatic rings. The Morgan fingerprint density at radius 1 is 1.38 bits per heavy atom. The van der Waals surface area contributed by atoms with Crippen LogP contribution in [0.2, 0.25) is 0 Å². The minimum absolute atomic E-state index is 0.0821. The second-order valence-electron chi connectivity index (χ2n) is 5.31. The molecule has 5 heteroatoms. The fourth-order valence-corrected chi connectivity index (χ4v) is 3.01. The van der Waals surface area contributed by atoms with E-state index in [2.05, 4.69) is 21.7 Å². The lowest BCUT2D eigenvalue weighted by atomic mass is 10.1. The lowest BCUT2D eigenvalue weighted by molar-refractivity contribution is 0.0935. The van der Waals surface area contributed by atoms with Gasteiger partial charge in [-0.2, -0.15) is 11.3 Å². The Balaban J connectivity index is 1.71.